The molecule has 2 rings (SSSR count). The van der Waals surface area contributed by atoms with Crippen molar-refractivity contribution >= 4 is 27.5 Å². The van der Waals surface area contributed by atoms with Crippen molar-refractivity contribution < 1.29 is 9.90 Å². The molecule has 0 saturated carbocycles. The second-order valence-corrected chi connectivity index (χ2v) is 4.93. The lowest BCUT2D eigenvalue weighted by Gasteiger charge is -2.18. The first-order valence-corrected chi connectivity index (χ1v) is 5.94. The Balaban J connectivity index is 2.30. The molecule has 0 aromatic carbocycles. The molecular formula is C11H13BrN2O2. The summed E-state index contributed by atoms with van der Waals surface area (Å²) >= 11 is 3.35. The first kappa shape index (κ1) is 11.5. The van der Waals surface area contributed by atoms with Crippen molar-refractivity contribution in [2.45, 2.75) is 13.3 Å². The van der Waals surface area contributed by atoms with Gasteiger partial charge in [-0.05, 0) is 28.9 Å². The quantitative estimate of drug-likeness (QED) is 0.896. The van der Waals surface area contributed by atoms with Crippen LogP contribution in [0.3, 0.4) is 0 Å². The summed E-state index contributed by atoms with van der Waals surface area (Å²) in [4.78, 5) is 17.7. The van der Waals surface area contributed by atoms with E-state index >= 15 is 0 Å². The topological polar surface area (TPSA) is 53.4 Å². The normalized spacial score (nSPS) is 20.6. The van der Waals surface area contributed by atoms with E-state index in [2.05, 4.69) is 20.9 Å². The van der Waals surface area contributed by atoms with Crippen molar-refractivity contribution in [2.75, 3.05) is 18.1 Å². The lowest BCUT2D eigenvalue weighted by molar-refractivity contribution is -0.117. The average molecular weight is 285 g/mol. The van der Waals surface area contributed by atoms with Gasteiger partial charge in [0.1, 0.15) is 0 Å². The van der Waals surface area contributed by atoms with E-state index in [4.69, 9.17) is 5.11 Å². The molecule has 0 bridgehead atoms. The third-order valence-corrected chi connectivity index (χ3v) is 3.21. The van der Waals surface area contributed by atoms with E-state index in [1.165, 1.54) is 0 Å². The van der Waals surface area contributed by atoms with Gasteiger partial charge >= 0.3 is 0 Å². The van der Waals surface area contributed by atoms with Gasteiger partial charge in [-0.25, -0.2) is 0 Å². The van der Waals surface area contributed by atoms with Crippen LogP contribution >= 0.6 is 15.9 Å². The van der Waals surface area contributed by atoms with E-state index in [0.717, 1.165) is 15.9 Å². The number of nitrogens with zero attached hydrogens (tertiary/aromatic N) is 2. The standard InChI is InChI=1S/C11H13BrN2O2/c1-7-10(3-9(12)4-13-7)14-5-8(6-15)2-11(14)16/h3-4,8,15H,2,5-6H2,1H3. The third-order valence-electron chi connectivity index (χ3n) is 2.78. The van der Waals surface area contributed by atoms with Crippen molar-refractivity contribution in [3.05, 3.63) is 22.4 Å². The van der Waals surface area contributed by atoms with Crippen LogP contribution in [0.15, 0.2) is 16.7 Å². The number of anilines is 1. The van der Waals surface area contributed by atoms with E-state index in [1.54, 1.807) is 11.1 Å². The summed E-state index contributed by atoms with van der Waals surface area (Å²) in [5, 5.41) is 9.07. The van der Waals surface area contributed by atoms with Gasteiger partial charge in [-0.1, -0.05) is 0 Å². The Morgan fingerprint density at radius 3 is 3.06 bits per heavy atom. The van der Waals surface area contributed by atoms with Gasteiger partial charge in [0, 0.05) is 36.2 Å². The van der Waals surface area contributed by atoms with Crippen molar-refractivity contribution in [3.63, 3.8) is 0 Å². The molecule has 86 valence electrons. The predicted octanol–water partition coefficient (Wildman–Crippen LogP) is 1.50. The summed E-state index contributed by atoms with van der Waals surface area (Å²) < 4.78 is 0.855. The minimum absolute atomic E-state index is 0.0471. The van der Waals surface area contributed by atoms with Crippen molar-refractivity contribution in [1.29, 1.82) is 0 Å². The molecule has 1 N–H and O–H groups in total. The maximum atomic E-state index is 11.8. The number of rotatable bonds is 2. The number of carbonyl (C=O) groups excluding carboxylic acids is 1. The van der Waals surface area contributed by atoms with Gasteiger partial charge in [0.25, 0.3) is 0 Å². The molecule has 1 atom stereocenters. The Morgan fingerprint density at radius 2 is 2.44 bits per heavy atom. The van der Waals surface area contributed by atoms with Crippen LogP contribution in [0.1, 0.15) is 12.1 Å². The summed E-state index contributed by atoms with van der Waals surface area (Å²) in [6.07, 6.45) is 2.13. The lowest BCUT2D eigenvalue weighted by atomic mass is 10.1. The number of pyridine rings is 1. The van der Waals surface area contributed by atoms with Gasteiger partial charge in [-0.2, -0.15) is 0 Å². The molecule has 1 aliphatic rings. The highest BCUT2D eigenvalue weighted by atomic mass is 79.9. The van der Waals surface area contributed by atoms with Crippen LogP contribution < -0.4 is 4.90 Å². The smallest absolute Gasteiger partial charge is 0.227 e. The molecule has 1 amide bonds. The van der Waals surface area contributed by atoms with E-state index in [-0.39, 0.29) is 18.4 Å². The number of halogens is 1. The molecule has 1 aromatic rings. The summed E-state index contributed by atoms with van der Waals surface area (Å²) in [5.74, 6) is 0.105. The Hall–Kier alpha value is -0.940. The predicted molar refractivity (Wildman–Crippen MR) is 64.2 cm³/mol. The van der Waals surface area contributed by atoms with Crippen LogP contribution in [0.4, 0.5) is 5.69 Å². The number of hydrogen-bond donors (Lipinski definition) is 1. The molecule has 0 radical (unpaired) electrons. The second kappa shape index (κ2) is 4.51. The molecule has 0 spiro atoms. The molecule has 5 heteroatoms. The lowest BCUT2D eigenvalue weighted by Crippen LogP contribution is -2.26. The monoisotopic (exact) mass is 284 g/mol. The van der Waals surface area contributed by atoms with Gasteiger partial charge in [-0.15, -0.1) is 0 Å². The van der Waals surface area contributed by atoms with Crippen LogP contribution in [0.2, 0.25) is 0 Å². The van der Waals surface area contributed by atoms with E-state index in [1.807, 2.05) is 13.0 Å². The zero-order valence-electron chi connectivity index (χ0n) is 8.98. The van der Waals surface area contributed by atoms with E-state index in [9.17, 15) is 4.79 Å². The molecule has 4 nitrogen and oxygen atoms in total. The minimum Gasteiger partial charge on any atom is -0.396 e. The summed E-state index contributed by atoms with van der Waals surface area (Å²) in [5.41, 5.74) is 1.66. The first-order valence-electron chi connectivity index (χ1n) is 5.15. The Kier molecular flexibility index (Phi) is 3.25. The minimum atomic E-state index is 0.0471. The van der Waals surface area contributed by atoms with Gasteiger partial charge in [0.15, 0.2) is 0 Å². The zero-order chi connectivity index (χ0) is 11.7. The van der Waals surface area contributed by atoms with Crippen LogP contribution in [-0.2, 0) is 4.79 Å². The summed E-state index contributed by atoms with van der Waals surface area (Å²) in [6, 6.07) is 1.89. The Bertz CT molecular complexity index is 422. The molecule has 2 heterocycles. The number of aliphatic hydroxyl groups excluding tert-OH is 1. The van der Waals surface area contributed by atoms with Gasteiger partial charge < -0.3 is 10.0 Å². The largest absolute Gasteiger partial charge is 0.396 e. The Labute approximate surface area is 102 Å². The number of aromatic nitrogens is 1. The van der Waals surface area contributed by atoms with Crippen LogP contribution in [0.5, 0.6) is 0 Å². The van der Waals surface area contributed by atoms with Crippen LogP contribution in [0.25, 0.3) is 0 Å². The summed E-state index contributed by atoms with van der Waals surface area (Å²) in [6.45, 7) is 2.51. The SMILES string of the molecule is Cc1ncc(Br)cc1N1CC(CO)CC1=O. The number of hydrogen-bond acceptors (Lipinski definition) is 3. The van der Waals surface area contributed by atoms with Crippen LogP contribution in [0, 0.1) is 12.8 Å². The van der Waals surface area contributed by atoms with Gasteiger partial charge in [0.2, 0.25) is 5.91 Å². The number of aliphatic hydroxyl groups is 1. The fourth-order valence-corrected chi connectivity index (χ4v) is 2.23. The molecule has 1 unspecified atom stereocenters. The van der Waals surface area contributed by atoms with Gasteiger partial charge in [-0.3, -0.25) is 9.78 Å². The highest BCUT2D eigenvalue weighted by Gasteiger charge is 2.31. The fraction of sp³-hybridized carbons (Fsp3) is 0.455. The fourth-order valence-electron chi connectivity index (χ4n) is 1.91. The third kappa shape index (κ3) is 2.10. The van der Waals surface area contributed by atoms with Gasteiger partial charge in [0.05, 0.1) is 11.4 Å². The molecule has 1 aliphatic heterocycles. The van der Waals surface area contributed by atoms with Crippen molar-refractivity contribution in [1.82, 2.24) is 4.98 Å². The molecule has 0 aliphatic carbocycles. The number of carbonyl (C=O) groups is 1. The number of amides is 1. The maximum absolute atomic E-state index is 11.8. The first-order chi connectivity index (χ1) is 7.61. The van der Waals surface area contributed by atoms with E-state index in [0.29, 0.717) is 13.0 Å². The Morgan fingerprint density at radius 1 is 1.69 bits per heavy atom. The molecular weight excluding hydrogens is 272 g/mol. The van der Waals surface area contributed by atoms with Crippen molar-refractivity contribution in [3.8, 4) is 0 Å². The highest BCUT2D eigenvalue weighted by Crippen LogP contribution is 2.28. The maximum Gasteiger partial charge on any atom is 0.227 e. The molecule has 16 heavy (non-hydrogen) atoms. The number of aryl methyl sites for hydroxylation is 1. The molecule has 1 aromatic heterocycles. The average Bonchev–Trinajstić information content (AvgIpc) is 2.63. The highest BCUT2D eigenvalue weighted by molar-refractivity contribution is 9.10. The molecule has 1 saturated heterocycles. The van der Waals surface area contributed by atoms with E-state index < -0.39 is 0 Å². The zero-order valence-corrected chi connectivity index (χ0v) is 10.6. The summed E-state index contributed by atoms with van der Waals surface area (Å²) in [7, 11) is 0. The van der Waals surface area contributed by atoms with Crippen LogP contribution in [-0.4, -0.2) is 29.1 Å². The second-order valence-electron chi connectivity index (χ2n) is 4.02. The van der Waals surface area contributed by atoms with Crippen molar-refractivity contribution in [2.24, 2.45) is 5.92 Å². The molecule has 1 fully saturated rings.